The Bertz CT molecular complexity index is 593. The van der Waals surface area contributed by atoms with Crippen molar-refractivity contribution in [2.45, 2.75) is 32.4 Å². The summed E-state index contributed by atoms with van der Waals surface area (Å²) in [7, 11) is 0. The highest BCUT2D eigenvalue weighted by molar-refractivity contribution is 6.31. The number of benzene rings is 1. The fraction of sp³-hybridized carbons (Fsp3) is 0.357. The molecule has 0 saturated heterocycles. The predicted octanol–water partition coefficient (Wildman–Crippen LogP) is 3.67. The van der Waals surface area contributed by atoms with Crippen LogP contribution in [-0.4, -0.2) is 14.9 Å². The second-order valence-corrected chi connectivity index (χ2v) is 5.32. The highest BCUT2D eigenvalue weighted by atomic mass is 35.5. The molecule has 1 unspecified atom stereocenters. The van der Waals surface area contributed by atoms with E-state index in [0.717, 1.165) is 6.07 Å². The third-order valence-electron chi connectivity index (χ3n) is 2.94. The van der Waals surface area contributed by atoms with Crippen LogP contribution < -0.4 is 0 Å². The molecule has 0 fully saturated rings. The van der Waals surface area contributed by atoms with Crippen molar-refractivity contribution >= 4 is 11.6 Å². The molecule has 1 aromatic carbocycles. The van der Waals surface area contributed by atoms with Crippen LogP contribution in [-0.2, 0) is 6.42 Å². The molecule has 1 N–H and O–H groups in total. The number of rotatable bonds is 4. The van der Waals surface area contributed by atoms with Gasteiger partial charge in [0, 0.05) is 18.5 Å². The molecule has 0 aliphatic heterocycles. The van der Waals surface area contributed by atoms with Gasteiger partial charge in [-0.2, -0.15) is 5.10 Å². The molecule has 20 heavy (non-hydrogen) atoms. The van der Waals surface area contributed by atoms with Crippen LogP contribution in [0.2, 0.25) is 5.02 Å². The van der Waals surface area contributed by atoms with Gasteiger partial charge < -0.3 is 5.11 Å². The zero-order chi connectivity index (χ0) is 14.9. The Kier molecular flexibility index (Phi) is 4.40. The maximum Gasteiger partial charge on any atom is 0.126 e. The number of aliphatic hydroxyl groups excluding tert-OH is 1. The first-order chi connectivity index (χ1) is 9.38. The third-order valence-corrected chi connectivity index (χ3v) is 3.23. The van der Waals surface area contributed by atoms with Crippen molar-refractivity contribution < 1.29 is 13.9 Å². The maximum atomic E-state index is 13.1. The molecule has 0 bridgehead atoms. The van der Waals surface area contributed by atoms with Gasteiger partial charge in [-0.05, 0) is 31.5 Å². The normalized spacial score (nSPS) is 12.9. The summed E-state index contributed by atoms with van der Waals surface area (Å²) in [5.74, 6) is -1.34. The van der Waals surface area contributed by atoms with Crippen LogP contribution in [0.15, 0.2) is 24.4 Å². The quantitative estimate of drug-likeness (QED) is 0.935. The van der Waals surface area contributed by atoms with Gasteiger partial charge in [-0.3, -0.25) is 4.68 Å². The molecule has 108 valence electrons. The lowest BCUT2D eigenvalue weighted by molar-refractivity contribution is 0.164. The van der Waals surface area contributed by atoms with Gasteiger partial charge in [-0.1, -0.05) is 11.6 Å². The first-order valence-corrected chi connectivity index (χ1v) is 6.62. The van der Waals surface area contributed by atoms with E-state index in [0.29, 0.717) is 16.3 Å². The van der Waals surface area contributed by atoms with E-state index in [1.807, 2.05) is 13.8 Å². The Labute approximate surface area is 120 Å². The van der Waals surface area contributed by atoms with Crippen LogP contribution in [0.1, 0.15) is 37.3 Å². The Morgan fingerprint density at radius 2 is 1.85 bits per heavy atom. The molecule has 1 aromatic heterocycles. The number of nitrogens with zero attached hydrogens (tertiary/aromatic N) is 2. The highest BCUT2D eigenvalue weighted by Gasteiger charge is 2.20. The molecule has 2 aromatic rings. The van der Waals surface area contributed by atoms with E-state index in [9.17, 15) is 13.9 Å². The van der Waals surface area contributed by atoms with Crippen molar-refractivity contribution in [1.82, 2.24) is 9.78 Å². The molecule has 0 radical (unpaired) electrons. The molecular weight excluding hydrogens is 286 g/mol. The fourth-order valence-corrected chi connectivity index (χ4v) is 2.38. The van der Waals surface area contributed by atoms with Gasteiger partial charge in [-0.15, -0.1) is 0 Å². The Morgan fingerprint density at radius 3 is 2.40 bits per heavy atom. The Hall–Kier alpha value is -1.46. The Morgan fingerprint density at radius 1 is 1.25 bits per heavy atom. The van der Waals surface area contributed by atoms with E-state index in [1.165, 1.54) is 18.3 Å². The van der Waals surface area contributed by atoms with Gasteiger partial charge in [-0.25, -0.2) is 8.78 Å². The summed E-state index contributed by atoms with van der Waals surface area (Å²) in [6.07, 6.45) is 0.535. The minimum Gasteiger partial charge on any atom is -0.386 e. The van der Waals surface area contributed by atoms with Crippen molar-refractivity contribution in [2.75, 3.05) is 0 Å². The fourth-order valence-electron chi connectivity index (χ4n) is 2.12. The summed E-state index contributed by atoms with van der Waals surface area (Å²) in [5.41, 5.74) is 0.814. The van der Waals surface area contributed by atoms with Crippen LogP contribution in [0.3, 0.4) is 0 Å². The van der Waals surface area contributed by atoms with Crippen LogP contribution in [0.4, 0.5) is 8.78 Å². The van der Waals surface area contributed by atoms with Gasteiger partial charge in [0.1, 0.15) is 17.7 Å². The van der Waals surface area contributed by atoms with Crippen molar-refractivity contribution in [3.63, 3.8) is 0 Å². The van der Waals surface area contributed by atoms with Gasteiger partial charge in [0.15, 0.2) is 0 Å². The molecule has 0 amide bonds. The molecule has 0 aliphatic carbocycles. The number of halogens is 3. The van der Waals surface area contributed by atoms with Crippen LogP contribution in [0, 0.1) is 11.6 Å². The first kappa shape index (κ1) is 14.9. The summed E-state index contributed by atoms with van der Waals surface area (Å²) in [6, 6.07) is 3.20. The summed E-state index contributed by atoms with van der Waals surface area (Å²) in [4.78, 5) is 0. The standard InChI is InChI=1S/C14H15ClF2N2O/c1-8(2)19-14(12(15)7-18-19)13(20)5-9-3-10(16)6-11(17)4-9/h3-4,6-8,13,20H,5H2,1-2H3. The minimum atomic E-state index is -0.978. The van der Waals surface area contributed by atoms with E-state index in [-0.39, 0.29) is 12.5 Å². The summed E-state index contributed by atoms with van der Waals surface area (Å²) < 4.78 is 27.9. The highest BCUT2D eigenvalue weighted by Crippen LogP contribution is 2.28. The van der Waals surface area contributed by atoms with Crippen molar-refractivity contribution in [2.24, 2.45) is 0 Å². The first-order valence-electron chi connectivity index (χ1n) is 6.24. The van der Waals surface area contributed by atoms with Crippen molar-refractivity contribution in [3.8, 4) is 0 Å². The van der Waals surface area contributed by atoms with Crippen molar-refractivity contribution in [1.29, 1.82) is 0 Å². The molecule has 6 heteroatoms. The van der Waals surface area contributed by atoms with Crippen molar-refractivity contribution in [3.05, 3.63) is 52.3 Å². The molecule has 1 heterocycles. The zero-order valence-corrected chi connectivity index (χ0v) is 11.9. The molecule has 0 spiro atoms. The molecular formula is C14H15ClF2N2O. The molecule has 0 aliphatic rings. The Balaban J connectivity index is 2.28. The van der Waals surface area contributed by atoms with Gasteiger partial charge in [0.05, 0.1) is 16.9 Å². The zero-order valence-electron chi connectivity index (χ0n) is 11.1. The lowest BCUT2D eigenvalue weighted by Gasteiger charge is -2.16. The maximum absolute atomic E-state index is 13.1. The monoisotopic (exact) mass is 300 g/mol. The summed E-state index contributed by atoms with van der Waals surface area (Å²) in [5, 5.41) is 14.7. The second kappa shape index (κ2) is 5.89. The van der Waals surface area contributed by atoms with Crippen LogP contribution >= 0.6 is 11.6 Å². The number of hydrogen-bond donors (Lipinski definition) is 1. The minimum absolute atomic E-state index is 0.0244. The largest absolute Gasteiger partial charge is 0.386 e. The van der Waals surface area contributed by atoms with E-state index in [2.05, 4.69) is 5.10 Å². The number of hydrogen-bond acceptors (Lipinski definition) is 2. The molecule has 3 nitrogen and oxygen atoms in total. The lowest BCUT2D eigenvalue weighted by atomic mass is 10.0. The average Bonchev–Trinajstić information content (AvgIpc) is 2.69. The number of aromatic nitrogens is 2. The second-order valence-electron chi connectivity index (χ2n) is 4.91. The van der Waals surface area contributed by atoms with Crippen LogP contribution in [0.5, 0.6) is 0 Å². The van der Waals surface area contributed by atoms with Crippen LogP contribution in [0.25, 0.3) is 0 Å². The van der Waals surface area contributed by atoms with Gasteiger partial charge >= 0.3 is 0 Å². The van der Waals surface area contributed by atoms with E-state index in [1.54, 1.807) is 4.68 Å². The topological polar surface area (TPSA) is 38.0 Å². The van der Waals surface area contributed by atoms with Gasteiger partial charge in [0.25, 0.3) is 0 Å². The summed E-state index contributed by atoms with van der Waals surface area (Å²) in [6.45, 7) is 3.81. The predicted molar refractivity (Wildman–Crippen MR) is 72.6 cm³/mol. The molecule has 1 atom stereocenters. The van der Waals surface area contributed by atoms with E-state index < -0.39 is 17.7 Å². The summed E-state index contributed by atoms with van der Waals surface area (Å²) >= 11 is 6.02. The van der Waals surface area contributed by atoms with E-state index in [4.69, 9.17) is 11.6 Å². The third kappa shape index (κ3) is 3.16. The average molecular weight is 301 g/mol. The van der Waals surface area contributed by atoms with Gasteiger partial charge in [0.2, 0.25) is 0 Å². The smallest absolute Gasteiger partial charge is 0.126 e. The molecule has 0 saturated carbocycles. The number of aliphatic hydroxyl groups is 1. The lowest BCUT2D eigenvalue weighted by Crippen LogP contribution is -2.13. The SMILES string of the molecule is CC(C)n1ncc(Cl)c1C(O)Cc1cc(F)cc(F)c1. The van der Waals surface area contributed by atoms with E-state index >= 15 is 0 Å². The molecule has 2 rings (SSSR count).